The third-order valence-corrected chi connectivity index (χ3v) is 2.62. The van der Waals surface area contributed by atoms with E-state index in [-0.39, 0.29) is 5.75 Å². The zero-order chi connectivity index (χ0) is 13.1. The number of benzene rings is 1. The number of nitrogens with zero attached hydrogens (tertiary/aromatic N) is 3. The van der Waals surface area contributed by atoms with Crippen molar-refractivity contribution >= 4 is 11.6 Å². The summed E-state index contributed by atoms with van der Waals surface area (Å²) >= 11 is 0. The number of anilines is 2. The Morgan fingerprint density at radius 1 is 1.28 bits per heavy atom. The molecule has 0 amide bonds. The first-order valence-corrected chi connectivity index (χ1v) is 5.67. The zero-order valence-electron chi connectivity index (χ0n) is 10.5. The van der Waals surface area contributed by atoms with Gasteiger partial charge in [-0.3, -0.25) is 0 Å². The predicted molar refractivity (Wildman–Crippen MR) is 70.8 cm³/mol. The van der Waals surface area contributed by atoms with Crippen molar-refractivity contribution in [3.63, 3.8) is 0 Å². The molecule has 0 atom stereocenters. The summed E-state index contributed by atoms with van der Waals surface area (Å²) in [7, 11) is 1.85. The Kier molecular flexibility index (Phi) is 3.43. The van der Waals surface area contributed by atoms with Crippen molar-refractivity contribution < 1.29 is 5.11 Å². The molecule has 1 heterocycles. The van der Waals surface area contributed by atoms with Crippen molar-refractivity contribution in [2.45, 2.75) is 13.5 Å². The first kappa shape index (κ1) is 12.3. The minimum Gasteiger partial charge on any atom is -0.508 e. The number of aryl methyl sites for hydroxylation is 1. The molecule has 94 valence electrons. The maximum absolute atomic E-state index is 9.48. The van der Waals surface area contributed by atoms with Crippen molar-refractivity contribution in [1.82, 2.24) is 9.97 Å². The zero-order valence-corrected chi connectivity index (χ0v) is 10.5. The highest BCUT2D eigenvalue weighted by molar-refractivity contribution is 5.58. The van der Waals surface area contributed by atoms with Crippen LogP contribution < -0.4 is 10.6 Å². The van der Waals surface area contributed by atoms with E-state index in [0.717, 1.165) is 17.1 Å². The monoisotopic (exact) mass is 244 g/mol. The van der Waals surface area contributed by atoms with Gasteiger partial charge in [-0.1, -0.05) is 6.07 Å². The molecule has 0 aliphatic heterocycles. The van der Waals surface area contributed by atoms with E-state index < -0.39 is 0 Å². The summed E-state index contributed by atoms with van der Waals surface area (Å²) in [5.41, 5.74) is 8.09. The Balaban J connectivity index is 2.39. The van der Waals surface area contributed by atoms with Gasteiger partial charge in [0, 0.05) is 31.0 Å². The minimum atomic E-state index is 0.214. The van der Waals surface area contributed by atoms with Gasteiger partial charge < -0.3 is 15.7 Å². The molecule has 2 aromatic rings. The molecule has 0 fully saturated rings. The molecule has 0 saturated heterocycles. The number of hydrogen-bond acceptors (Lipinski definition) is 5. The maximum atomic E-state index is 9.48. The number of phenols is 1. The standard InChI is InChI=1S/C13H16N4O/c1-9-6-10(8-14)16-13(15-9)17(2)11-4-3-5-12(18)7-11/h3-7,18H,8,14H2,1-2H3. The molecule has 0 unspecified atom stereocenters. The summed E-state index contributed by atoms with van der Waals surface area (Å²) in [4.78, 5) is 10.5. The quantitative estimate of drug-likeness (QED) is 0.859. The van der Waals surface area contributed by atoms with Crippen LogP contribution in [0.25, 0.3) is 0 Å². The first-order chi connectivity index (χ1) is 8.60. The third-order valence-electron chi connectivity index (χ3n) is 2.62. The van der Waals surface area contributed by atoms with Gasteiger partial charge in [-0.2, -0.15) is 0 Å². The van der Waals surface area contributed by atoms with Gasteiger partial charge in [0.1, 0.15) is 5.75 Å². The smallest absolute Gasteiger partial charge is 0.230 e. The molecule has 1 aromatic carbocycles. The van der Waals surface area contributed by atoms with Crippen LogP contribution in [0.3, 0.4) is 0 Å². The summed E-state index contributed by atoms with van der Waals surface area (Å²) in [6, 6.07) is 8.81. The van der Waals surface area contributed by atoms with Crippen LogP contribution in [0.4, 0.5) is 11.6 Å². The van der Waals surface area contributed by atoms with E-state index in [1.165, 1.54) is 0 Å². The summed E-state index contributed by atoms with van der Waals surface area (Å²) in [6.07, 6.45) is 0. The molecule has 0 saturated carbocycles. The predicted octanol–water partition coefficient (Wildman–Crippen LogP) is 1.72. The van der Waals surface area contributed by atoms with E-state index in [1.54, 1.807) is 18.2 Å². The molecule has 18 heavy (non-hydrogen) atoms. The van der Waals surface area contributed by atoms with Crippen molar-refractivity contribution in [1.29, 1.82) is 0 Å². The lowest BCUT2D eigenvalue weighted by Gasteiger charge is -2.18. The van der Waals surface area contributed by atoms with Gasteiger partial charge >= 0.3 is 0 Å². The average Bonchev–Trinajstić information content (AvgIpc) is 2.37. The van der Waals surface area contributed by atoms with Crippen LogP contribution in [0, 0.1) is 6.92 Å². The van der Waals surface area contributed by atoms with E-state index in [4.69, 9.17) is 5.73 Å². The Hall–Kier alpha value is -2.14. The lowest BCUT2D eigenvalue weighted by atomic mass is 10.3. The van der Waals surface area contributed by atoms with E-state index in [0.29, 0.717) is 12.5 Å². The van der Waals surface area contributed by atoms with Gasteiger partial charge in [0.25, 0.3) is 0 Å². The summed E-state index contributed by atoms with van der Waals surface area (Å²) < 4.78 is 0. The summed E-state index contributed by atoms with van der Waals surface area (Å²) in [6.45, 7) is 2.28. The Bertz CT molecular complexity index is 556. The Labute approximate surface area is 106 Å². The van der Waals surface area contributed by atoms with Crippen LogP contribution in [0.2, 0.25) is 0 Å². The first-order valence-electron chi connectivity index (χ1n) is 5.67. The van der Waals surface area contributed by atoms with Crippen molar-refractivity contribution in [2.75, 3.05) is 11.9 Å². The second kappa shape index (κ2) is 5.01. The van der Waals surface area contributed by atoms with Crippen LogP contribution in [0.1, 0.15) is 11.4 Å². The van der Waals surface area contributed by atoms with Gasteiger partial charge in [0.05, 0.1) is 5.69 Å². The maximum Gasteiger partial charge on any atom is 0.230 e. The molecule has 0 bridgehead atoms. The SMILES string of the molecule is Cc1cc(CN)nc(N(C)c2cccc(O)c2)n1. The lowest BCUT2D eigenvalue weighted by molar-refractivity contribution is 0.475. The fraction of sp³-hybridized carbons (Fsp3) is 0.231. The summed E-state index contributed by atoms with van der Waals surface area (Å²) in [5.74, 6) is 0.784. The van der Waals surface area contributed by atoms with Crippen LogP contribution in [0.5, 0.6) is 5.75 Å². The minimum absolute atomic E-state index is 0.214. The molecule has 5 nitrogen and oxygen atoms in total. The van der Waals surface area contributed by atoms with Gasteiger partial charge in [0.2, 0.25) is 5.95 Å². The number of hydrogen-bond donors (Lipinski definition) is 2. The van der Waals surface area contributed by atoms with Crippen molar-refractivity contribution in [2.24, 2.45) is 5.73 Å². The van der Waals surface area contributed by atoms with Gasteiger partial charge in [0.15, 0.2) is 0 Å². The Morgan fingerprint density at radius 3 is 2.72 bits per heavy atom. The van der Waals surface area contributed by atoms with E-state index >= 15 is 0 Å². The van der Waals surface area contributed by atoms with Gasteiger partial charge in [-0.05, 0) is 25.1 Å². The largest absolute Gasteiger partial charge is 0.508 e. The highest BCUT2D eigenvalue weighted by Gasteiger charge is 2.09. The molecule has 0 radical (unpaired) electrons. The van der Waals surface area contributed by atoms with Crippen LogP contribution >= 0.6 is 0 Å². The topological polar surface area (TPSA) is 75.3 Å². The molecule has 0 aliphatic rings. The molecule has 0 aliphatic carbocycles. The molecular formula is C13H16N4O. The molecule has 5 heteroatoms. The average molecular weight is 244 g/mol. The van der Waals surface area contributed by atoms with E-state index in [1.807, 2.05) is 31.0 Å². The second-order valence-corrected chi connectivity index (χ2v) is 4.08. The third kappa shape index (κ3) is 2.57. The van der Waals surface area contributed by atoms with Gasteiger partial charge in [-0.25, -0.2) is 9.97 Å². The second-order valence-electron chi connectivity index (χ2n) is 4.08. The van der Waals surface area contributed by atoms with Crippen LogP contribution in [-0.4, -0.2) is 22.1 Å². The number of aromatic hydroxyl groups is 1. The van der Waals surface area contributed by atoms with Crippen molar-refractivity contribution in [3.8, 4) is 5.75 Å². The molecule has 3 N–H and O–H groups in total. The summed E-state index contributed by atoms with van der Waals surface area (Å²) in [5, 5.41) is 9.48. The Morgan fingerprint density at radius 2 is 2.06 bits per heavy atom. The molecule has 2 rings (SSSR count). The van der Waals surface area contributed by atoms with Crippen LogP contribution in [-0.2, 0) is 6.54 Å². The molecular weight excluding hydrogens is 228 g/mol. The molecule has 0 spiro atoms. The van der Waals surface area contributed by atoms with Crippen molar-refractivity contribution in [3.05, 3.63) is 41.7 Å². The van der Waals surface area contributed by atoms with E-state index in [2.05, 4.69) is 9.97 Å². The number of rotatable bonds is 3. The van der Waals surface area contributed by atoms with E-state index in [9.17, 15) is 5.11 Å². The highest BCUT2D eigenvalue weighted by Crippen LogP contribution is 2.24. The fourth-order valence-corrected chi connectivity index (χ4v) is 1.69. The number of phenolic OH excluding ortho intramolecular Hbond substituents is 1. The lowest BCUT2D eigenvalue weighted by Crippen LogP contribution is -2.15. The van der Waals surface area contributed by atoms with Crippen LogP contribution in [0.15, 0.2) is 30.3 Å². The number of aromatic nitrogens is 2. The molecule has 1 aromatic heterocycles. The normalized spacial score (nSPS) is 10.4. The highest BCUT2D eigenvalue weighted by atomic mass is 16.3. The van der Waals surface area contributed by atoms with Gasteiger partial charge in [-0.15, -0.1) is 0 Å². The fourth-order valence-electron chi connectivity index (χ4n) is 1.69. The number of nitrogens with two attached hydrogens (primary N) is 1.